The summed E-state index contributed by atoms with van der Waals surface area (Å²) in [5.74, 6) is 0.674. The van der Waals surface area contributed by atoms with Crippen LogP contribution in [0.3, 0.4) is 0 Å². The monoisotopic (exact) mass is 476 g/mol. The van der Waals surface area contributed by atoms with Gasteiger partial charge in [0, 0.05) is 5.92 Å². The van der Waals surface area contributed by atoms with Gasteiger partial charge in [-0.2, -0.15) is 15.1 Å². The summed E-state index contributed by atoms with van der Waals surface area (Å²) in [6, 6.07) is 11.4. The molecule has 0 saturated heterocycles. The molecule has 5 rings (SSSR count). The topological polar surface area (TPSA) is 114 Å². The zero-order valence-corrected chi connectivity index (χ0v) is 19.2. The zero-order chi connectivity index (χ0) is 23.8. The predicted octanol–water partition coefficient (Wildman–Crippen LogP) is 3.95. The number of rotatable bonds is 6. The first-order valence-corrected chi connectivity index (χ1v) is 11.3. The maximum atomic E-state index is 12.5. The maximum absolute atomic E-state index is 12.5. The molecule has 1 N–H and O–H groups in total. The summed E-state index contributed by atoms with van der Waals surface area (Å²) >= 11 is 1.36. The number of carbonyl (C=O) groups excluding carboxylic acids is 2. The Morgan fingerprint density at radius 3 is 2.53 bits per heavy atom. The lowest BCUT2D eigenvalue weighted by Gasteiger charge is -2.20. The molecular formula is C24H20N4O5S. The fourth-order valence-corrected chi connectivity index (χ4v) is 4.49. The number of ether oxygens (including phenoxy) is 3. The van der Waals surface area contributed by atoms with Crippen molar-refractivity contribution in [2.24, 2.45) is 16.0 Å². The molecule has 1 amide bonds. The van der Waals surface area contributed by atoms with E-state index in [9.17, 15) is 9.59 Å². The number of fused-ring (bicyclic) bond motifs is 1. The highest BCUT2D eigenvalue weighted by Crippen LogP contribution is 2.40. The summed E-state index contributed by atoms with van der Waals surface area (Å²) in [6.07, 6.45) is 3.75. The third-order valence-corrected chi connectivity index (χ3v) is 6.49. The van der Waals surface area contributed by atoms with Gasteiger partial charge in [0.25, 0.3) is 5.91 Å². The lowest BCUT2D eigenvalue weighted by atomic mass is 10.1. The largest absolute Gasteiger partial charge is 0.493 e. The smallest absolute Gasteiger partial charge is 0.343 e. The number of hydrazone groups is 1. The summed E-state index contributed by atoms with van der Waals surface area (Å²) in [5, 5.41) is 15.7. The number of methoxy groups -OCH3 is 2. The number of hydrogen-bond acceptors (Lipinski definition) is 8. The van der Waals surface area contributed by atoms with Crippen LogP contribution in [0.2, 0.25) is 0 Å². The Bertz CT molecular complexity index is 1290. The first kappa shape index (κ1) is 21.9. The van der Waals surface area contributed by atoms with Crippen LogP contribution in [0.1, 0.15) is 28.8 Å². The second kappa shape index (κ2) is 8.79. The molecule has 0 bridgehead atoms. The fourth-order valence-electron chi connectivity index (χ4n) is 3.43. The van der Waals surface area contributed by atoms with Crippen molar-refractivity contribution in [1.29, 1.82) is 5.41 Å². The van der Waals surface area contributed by atoms with Crippen LogP contribution >= 0.6 is 11.8 Å². The van der Waals surface area contributed by atoms with Crippen molar-refractivity contribution >= 4 is 45.8 Å². The molecule has 3 aliphatic rings. The Balaban J connectivity index is 1.30. The second-order valence-electron chi connectivity index (χ2n) is 7.76. The molecule has 2 aromatic carbocycles. The molecule has 172 valence electrons. The number of thioether (sulfide) groups is 1. The van der Waals surface area contributed by atoms with Gasteiger partial charge in [0.15, 0.2) is 17.3 Å². The standard InChI is InChI=1S/C24H20N4O5S/c1-31-18-10-7-15(12-19(18)32-2)23(30)33-16-8-3-13(4-9-16)11-17-20(25)28-24(26-21(17)29)34-22(27-28)14-5-6-14/h3-4,7-12,14,25H,5-6H2,1-2H3/b17-11+,25-20?. The van der Waals surface area contributed by atoms with Crippen molar-refractivity contribution in [3.05, 3.63) is 59.2 Å². The minimum absolute atomic E-state index is 0.00195. The molecule has 0 radical (unpaired) electrons. The Morgan fingerprint density at radius 2 is 1.85 bits per heavy atom. The van der Waals surface area contributed by atoms with Gasteiger partial charge in [-0.25, -0.2) is 4.79 Å². The van der Waals surface area contributed by atoms with E-state index >= 15 is 0 Å². The number of aliphatic imine (C=N–C) groups is 1. The molecule has 34 heavy (non-hydrogen) atoms. The number of amidine groups is 2. The van der Waals surface area contributed by atoms with Gasteiger partial charge in [-0.15, -0.1) is 0 Å². The van der Waals surface area contributed by atoms with E-state index in [2.05, 4.69) is 10.1 Å². The van der Waals surface area contributed by atoms with Gasteiger partial charge in [-0.05, 0) is 66.6 Å². The lowest BCUT2D eigenvalue weighted by molar-refractivity contribution is -0.114. The van der Waals surface area contributed by atoms with Crippen LogP contribution in [0.15, 0.2) is 58.1 Å². The number of carbonyl (C=O) groups is 2. The molecule has 2 aliphatic heterocycles. The molecule has 9 nitrogen and oxygen atoms in total. The molecule has 10 heteroatoms. The van der Waals surface area contributed by atoms with E-state index in [1.165, 1.54) is 31.0 Å². The molecule has 0 atom stereocenters. The number of amides is 1. The van der Waals surface area contributed by atoms with Crippen LogP contribution in [-0.4, -0.2) is 47.2 Å². The minimum atomic E-state index is -0.547. The molecule has 1 aliphatic carbocycles. The molecule has 0 aromatic heterocycles. The number of nitrogens with one attached hydrogen (secondary N) is 1. The van der Waals surface area contributed by atoms with Gasteiger partial charge in [-0.1, -0.05) is 12.1 Å². The molecule has 2 heterocycles. The van der Waals surface area contributed by atoms with Gasteiger partial charge in [0.1, 0.15) is 10.8 Å². The highest BCUT2D eigenvalue weighted by atomic mass is 32.2. The molecule has 1 saturated carbocycles. The quantitative estimate of drug-likeness (QED) is 0.381. The lowest BCUT2D eigenvalue weighted by Crippen LogP contribution is -2.35. The van der Waals surface area contributed by atoms with Gasteiger partial charge in [0.05, 0.1) is 25.4 Å². The second-order valence-corrected chi connectivity index (χ2v) is 8.75. The number of esters is 1. The minimum Gasteiger partial charge on any atom is -0.493 e. The van der Waals surface area contributed by atoms with E-state index in [-0.39, 0.29) is 11.4 Å². The van der Waals surface area contributed by atoms with Gasteiger partial charge < -0.3 is 14.2 Å². The van der Waals surface area contributed by atoms with Crippen LogP contribution in [0.4, 0.5) is 0 Å². The van der Waals surface area contributed by atoms with Crippen molar-refractivity contribution < 1.29 is 23.8 Å². The summed E-state index contributed by atoms with van der Waals surface area (Å²) in [4.78, 5) is 29.2. The Morgan fingerprint density at radius 1 is 1.12 bits per heavy atom. The van der Waals surface area contributed by atoms with E-state index in [0.717, 1.165) is 17.9 Å². The van der Waals surface area contributed by atoms with Crippen molar-refractivity contribution in [2.45, 2.75) is 12.8 Å². The van der Waals surface area contributed by atoms with E-state index < -0.39 is 11.9 Å². The van der Waals surface area contributed by atoms with E-state index in [0.29, 0.717) is 39.5 Å². The Labute approximate surface area is 199 Å². The average Bonchev–Trinajstić information content (AvgIpc) is 3.61. The Hall–Kier alpha value is -3.92. The summed E-state index contributed by atoms with van der Waals surface area (Å²) in [7, 11) is 3.01. The van der Waals surface area contributed by atoms with Crippen molar-refractivity contribution in [3.8, 4) is 17.2 Å². The summed E-state index contributed by atoms with van der Waals surface area (Å²) in [6.45, 7) is 0. The highest BCUT2D eigenvalue weighted by Gasteiger charge is 2.40. The Kier molecular flexibility index (Phi) is 5.66. The third kappa shape index (κ3) is 4.19. The van der Waals surface area contributed by atoms with E-state index in [1.54, 1.807) is 48.5 Å². The SMILES string of the molecule is COc1ccc(C(=O)Oc2ccc(/C=C3\C(=N)N4N=C(C5CC5)SC4=NC3=O)cc2)cc1OC. The van der Waals surface area contributed by atoms with Crippen LogP contribution in [0.25, 0.3) is 6.08 Å². The van der Waals surface area contributed by atoms with Crippen molar-refractivity contribution in [2.75, 3.05) is 14.2 Å². The summed E-state index contributed by atoms with van der Waals surface area (Å²) < 4.78 is 15.8. The molecule has 0 unspecified atom stereocenters. The van der Waals surface area contributed by atoms with Gasteiger partial charge in [-0.3, -0.25) is 10.2 Å². The van der Waals surface area contributed by atoms with Crippen LogP contribution in [0.5, 0.6) is 17.2 Å². The molecular weight excluding hydrogens is 456 g/mol. The molecule has 0 spiro atoms. The van der Waals surface area contributed by atoms with Gasteiger partial charge >= 0.3 is 5.97 Å². The van der Waals surface area contributed by atoms with Crippen LogP contribution in [-0.2, 0) is 4.79 Å². The number of nitrogens with zero attached hydrogens (tertiary/aromatic N) is 3. The van der Waals surface area contributed by atoms with Crippen molar-refractivity contribution in [1.82, 2.24) is 5.01 Å². The highest BCUT2D eigenvalue weighted by molar-refractivity contribution is 8.27. The third-order valence-electron chi connectivity index (χ3n) is 5.42. The predicted molar refractivity (Wildman–Crippen MR) is 129 cm³/mol. The first-order chi connectivity index (χ1) is 16.5. The fraction of sp³-hybridized carbons (Fsp3) is 0.208. The van der Waals surface area contributed by atoms with Crippen LogP contribution in [0, 0.1) is 11.3 Å². The zero-order valence-electron chi connectivity index (χ0n) is 18.4. The summed E-state index contributed by atoms with van der Waals surface area (Å²) in [5.41, 5.74) is 1.13. The van der Waals surface area contributed by atoms with Crippen molar-refractivity contribution in [3.63, 3.8) is 0 Å². The normalized spacial score (nSPS) is 18.4. The number of benzene rings is 2. The van der Waals surface area contributed by atoms with E-state index in [1.807, 2.05) is 0 Å². The molecule has 1 fully saturated rings. The van der Waals surface area contributed by atoms with Gasteiger partial charge in [0.2, 0.25) is 5.17 Å². The van der Waals surface area contributed by atoms with Crippen LogP contribution < -0.4 is 14.2 Å². The average molecular weight is 477 g/mol. The number of hydrogen-bond donors (Lipinski definition) is 1. The first-order valence-electron chi connectivity index (χ1n) is 10.5. The van der Waals surface area contributed by atoms with E-state index in [4.69, 9.17) is 19.6 Å². The molecule has 2 aromatic rings. The maximum Gasteiger partial charge on any atom is 0.343 e.